The van der Waals surface area contributed by atoms with Gasteiger partial charge in [-0.05, 0) is 6.07 Å². The molecule has 0 saturated heterocycles. The summed E-state index contributed by atoms with van der Waals surface area (Å²) in [4.78, 5) is 14.6. The molecule has 6 nitrogen and oxygen atoms in total. The number of aromatic amines is 1. The first-order valence-electron chi connectivity index (χ1n) is 3.52. The summed E-state index contributed by atoms with van der Waals surface area (Å²) in [5.41, 5.74) is 5.49. The molecule has 6 heteroatoms. The number of aromatic hydroxyl groups is 1. The summed E-state index contributed by atoms with van der Waals surface area (Å²) in [5.74, 6) is -0.825. The molecule has 2 aromatic heterocycles. The zero-order valence-electron chi connectivity index (χ0n) is 6.48. The minimum absolute atomic E-state index is 0.0744. The van der Waals surface area contributed by atoms with Crippen molar-refractivity contribution in [2.45, 2.75) is 0 Å². The van der Waals surface area contributed by atoms with E-state index in [1.807, 2.05) is 0 Å². The van der Waals surface area contributed by atoms with Crippen molar-refractivity contribution in [2.24, 2.45) is 5.73 Å². The van der Waals surface area contributed by atoms with Gasteiger partial charge in [-0.2, -0.15) is 0 Å². The molecule has 0 unspecified atom stereocenters. The molecule has 0 aromatic carbocycles. The first kappa shape index (κ1) is 7.53. The molecule has 13 heavy (non-hydrogen) atoms. The number of rotatable bonds is 1. The molecule has 66 valence electrons. The molecule has 0 saturated carbocycles. The van der Waals surface area contributed by atoms with Crippen LogP contribution in [-0.4, -0.2) is 26.2 Å². The molecule has 1 amide bonds. The van der Waals surface area contributed by atoms with Gasteiger partial charge >= 0.3 is 0 Å². The van der Waals surface area contributed by atoms with Crippen molar-refractivity contribution in [3.05, 3.63) is 18.0 Å². The first-order valence-corrected chi connectivity index (χ1v) is 3.52. The predicted octanol–water partition coefficient (Wildman–Crippen LogP) is -0.238. The zero-order chi connectivity index (χ0) is 9.42. The van der Waals surface area contributed by atoms with E-state index >= 15 is 0 Å². The molecule has 0 aliphatic carbocycles. The molecule has 0 atom stereocenters. The van der Waals surface area contributed by atoms with Gasteiger partial charge in [0.1, 0.15) is 5.52 Å². The van der Waals surface area contributed by atoms with E-state index < -0.39 is 5.91 Å². The minimum Gasteiger partial charge on any atom is -0.492 e. The number of primary amides is 1. The summed E-state index contributed by atoms with van der Waals surface area (Å²) in [6, 6.07) is 1.54. The molecule has 0 aliphatic heterocycles. The lowest BCUT2D eigenvalue weighted by Gasteiger charge is -1.94. The maximum Gasteiger partial charge on any atom is 0.269 e. The average Bonchev–Trinajstić information content (AvgIpc) is 2.48. The number of amides is 1. The fraction of sp³-hybridized carbons (Fsp3) is 0. The Bertz CT molecular complexity index is 476. The molecule has 2 heterocycles. The van der Waals surface area contributed by atoms with Crippen molar-refractivity contribution in [1.82, 2.24) is 15.2 Å². The molecule has 0 bridgehead atoms. The van der Waals surface area contributed by atoms with E-state index in [0.29, 0.717) is 10.9 Å². The Kier molecular flexibility index (Phi) is 1.42. The van der Waals surface area contributed by atoms with Crippen LogP contribution in [0.2, 0.25) is 0 Å². The zero-order valence-corrected chi connectivity index (χ0v) is 6.48. The second kappa shape index (κ2) is 2.44. The van der Waals surface area contributed by atoms with Crippen molar-refractivity contribution >= 4 is 16.8 Å². The lowest BCUT2D eigenvalue weighted by atomic mass is 10.2. The highest BCUT2D eigenvalue weighted by atomic mass is 16.3. The van der Waals surface area contributed by atoms with Crippen LogP contribution in [-0.2, 0) is 0 Å². The largest absolute Gasteiger partial charge is 0.492 e. The van der Waals surface area contributed by atoms with Gasteiger partial charge < -0.3 is 10.8 Å². The summed E-state index contributed by atoms with van der Waals surface area (Å²) in [6.07, 6.45) is 1.39. The second-order valence-corrected chi connectivity index (χ2v) is 2.49. The van der Waals surface area contributed by atoms with E-state index in [1.54, 1.807) is 6.07 Å². The summed E-state index contributed by atoms with van der Waals surface area (Å²) in [6.45, 7) is 0. The van der Waals surface area contributed by atoms with Crippen molar-refractivity contribution in [1.29, 1.82) is 0 Å². The Morgan fingerprint density at radius 1 is 1.62 bits per heavy atom. The van der Waals surface area contributed by atoms with Crippen LogP contribution >= 0.6 is 0 Å². The van der Waals surface area contributed by atoms with Gasteiger partial charge in [0.2, 0.25) is 5.88 Å². The van der Waals surface area contributed by atoms with Crippen molar-refractivity contribution in [3.63, 3.8) is 0 Å². The fourth-order valence-corrected chi connectivity index (χ4v) is 1.12. The van der Waals surface area contributed by atoms with Crippen LogP contribution in [0.1, 0.15) is 10.5 Å². The Labute approximate surface area is 72.4 Å². The SMILES string of the molecule is NC(=O)c1nccc2c(O)n[nH]c12. The third-order valence-electron chi connectivity index (χ3n) is 1.70. The van der Waals surface area contributed by atoms with Crippen LogP contribution in [0.5, 0.6) is 5.88 Å². The van der Waals surface area contributed by atoms with E-state index in [-0.39, 0.29) is 11.6 Å². The first-order chi connectivity index (χ1) is 6.20. The average molecular weight is 178 g/mol. The quantitative estimate of drug-likeness (QED) is 0.560. The lowest BCUT2D eigenvalue weighted by molar-refractivity contribution is 0.0997. The standard InChI is InChI=1S/C7H6N4O2/c8-6(12)5-4-3(1-2-9-5)7(13)11-10-4/h1-2H,(H2,8,12)(H2,10,11,13). The van der Waals surface area contributed by atoms with Crippen LogP contribution in [0.4, 0.5) is 0 Å². The Morgan fingerprint density at radius 2 is 2.38 bits per heavy atom. The van der Waals surface area contributed by atoms with Crippen LogP contribution in [0, 0.1) is 0 Å². The van der Waals surface area contributed by atoms with Crippen molar-refractivity contribution < 1.29 is 9.90 Å². The highest BCUT2D eigenvalue weighted by Gasteiger charge is 2.12. The molecular formula is C7H6N4O2. The van der Waals surface area contributed by atoms with Gasteiger partial charge in [0, 0.05) is 6.20 Å². The van der Waals surface area contributed by atoms with Crippen LogP contribution in [0.25, 0.3) is 10.9 Å². The third-order valence-corrected chi connectivity index (χ3v) is 1.70. The number of hydrogen-bond acceptors (Lipinski definition) is 4. The molecule has 2 aromatic rings. The van der Waals surface area contributed by atoms with Crippen LogP contribution in [0.3, 0.4) is 0 Å². The number of aromatic nitrogens is 3. The molecule has 2 rings (SSSR count). The Morgan fingerprint density at radius 3 is 3.08 bits per heavy atom. The maximum atomic E-state index is 10.9. The monoisotopic (exact) mass is 178 g/mol. The molecule has 4 N–H and O–H groups in total. The van der Waals surface area contributed by atoms with Crippen LogP contribution < -0.4 is 5.73 Å². The number of carbonyl (C=O) groups is 1. The van der Waals surface area contributed by atoms with Gasteiger partial charge in [-0.25, -0.2) is 4.98 Å². The smallest absolute Gasteiger partial charge is 0.269 e. The number of hydrogen-bond donors (Lipinski definition) is 3. The normalized spacial score (nSPS) is 10.5. The summed E-state index contributed by atoms with van der Waals surface area (Å²) >= 11 is 0. The van der Waals surface area contributed by atoms with Gasteiger partial charge in [0.15, 0.2) is 5.69 Å². The minimum atomic E-state index is -0.658. The molecule has 0 fully saturated rings. The number of nitrogens with two attached hydrogens (primary N) is 1. The molecular weight excluding hydrogens is 172 g/mol. The number of H-pyrrole nitrogens is 1. The second-order valence-electron chi connectivity index (χ2n) is 2.49. The Balaban J connectivity index is 2.84. The highest BCUT2D eigenvalue weighted by Crippen LogP contribution is 2.21. The van der Waals surface area contributed by atoms with Gasteiger partial charge in [0.05, 0.1) is 5.39 Å². The summed E-state index contributed by atoms with van der Waals surface area (Å²) < 4.78 is 0. The van der Waals surface area contributed by atoms with E-state index in [9.17, 15) is 9.90 Å². The third kappa shape index (κ3) is 0.994. The number of nitrogens with zero attached hydrogens (tertiary/aromatic N) is 2. The van der Waals surface area contributed by atoms with Gasteiger partial charge in [-0.1, -0.05) is 0 Å². The summed E-state index contributed by atoms with van der Waals surface area (Å²) in [7, 11) is 0. The Hall–Kier alpha value is -2.11. The van der Waals surface area contributed by atoms with Gasteiger partial charge in [0.25, 0.3) is 5.91 Å². The van der Waals surface area contributed by atoms with E-state index in [0.717, 1.165) is 0 Å². The van der Waals surface area contributed by atoms with Crippen molar-refractivity contribution in [2.75, 3.05) is 0 Å². The van der Waals surface area contributed by atoms with Gasteiger partial charge in [-0.15, -0.1) is 5.10 Å². The van der Waals surface area contributed by atoms with E-state index in [2.05, 4.69) is 15.2 Å². The van der Waals surface area contributed by atoms with Gasteiger partial charge in [-0.3, -0.25) is 9.89 Å². The molecule has 0 spiro atoms. The predicted molar refractivity (Wildman–Crippen MR) is 44.1 cm³/mol. The van der Waals surface area contributed by atoms with E-state index in [1.165, 1.54) is 6.20 Å². The van der Waals surface area contributed by atoms with Crippen molar-refractivity contribution in [3.8, 4) is 5.88 Å². The number of fused-ring (bicyclic) bond motifs is 1. The lowest BCUT2D eigenvalue weighted by Crippen LogP contribution is -2.13. The number of nitrogens with one attached hydrogen (secondary N) is 1. The summed E-state index contributed by atoms with van der Waals surface area (Å²) in [5, 5.41) is 15.6. The fourth-order valence-electron chi connectivity index (χ4n) is 1.12. The number of pyridine rings is 1. The topological polar surface area (TPSA) is 105 Å². The maximum absolute atomic E-state index is 10.9. The number of carbonyl (C=O) groups excluding carboxylic acids is 1. The van der Waals surface area contributed by atoms with Crippen LogP contribution in [0.15, 0.2) is 12.3 Å². The molecule has 0 radical (unpaired) electrons. The van der Waals surface area contributed by atoms with E-state index in [4.69, 9.17) is 5.73 Å². The highest BCUT2D eigenvalue weighted by molar-refractivity contribution is 6.03. The molecule has 0 aliphatic rings.